The number of esters is 1. The van der Waals surface area contributed by atoms with Crippen LogP contribution in [0.5, 0.6) is 0 Å². The van der Waals surface area contributed by atoms with Crippen LogP contribution in [-0.2, 0) is 19.1 Å². The molecule has 0 radical (unpaired) electrons. The van der Waals surface area contributed by atoms with Crippen LogP contribution in [0.15, 0.2) is 11.6 Å². The summed E-state index contributed by atoms with van der Waals surface area (Å²) >= 11 is 0. The van der Waals surface area contributed by atoms with Crippen molar-refractivity contribution >= 4 is 18.0 Å². The monoisotopic (exact) mass is 224 g/mol. The van der Waals surface area contributed by atoms with Crippen molar-refractivity contribution < 1.29 is 19.1 Å². The van der Waals surface area contributed by atoms with E-state index in [-0.39, 0.29) is 5.78 Å². The minimum absolute atomic E-state index is 0.0309. The van der Waals surface area contributed by atoms with Crippen molar-refractivity contribution in [1.82, 2.24) is 0 Å². The molecule has 0 spiro atoms. The summed E-state index contributed by atoms with van der Waals surface area (Å²) in [7, 11) is 0. The van der Waals surface area contributed by atoms with Gasteiger partial charge >= 0.3 is 5.97 Å². The van der Waals surface area contributed by atoms with E-state index in [0.717, 1.165) is 19.1 Å². The SMILES string of the molecule is CC(=O)OC(CCC=O)C1=CCCCC1=O. The molecule has 0 saturated heterocycles. The Balaban J connectivity index is 2.73. The van der Waals surface area contributed by atoms with E-state index >= 15 is 0 Å². The van der Waals surface area contributed by atoms with Crippen LogP contribution in [-0.4, -0.2) is 24.1 Å². The third-order valence-electron chi connectivity index (χ3n) is 2.50. The number of carbonyl (C=O) groups excluding carboxylic acids is 3. The average molecular weight is 224 g/mol. The molecule has 0 aromatic carbocycles. The Morgan fingerprint density at radius 3 is 2.94 bits per heavy atom. The second kappa shape index (κ2) is 6.20. The lowest BCUT2D eigenvalue weighted by molar-refractivity contribution is -0.145. The molecule has 1 aliphatic carbocycles. The van der Waals surface area contributed by atoms with E-state index in [1.165, 1.54) is 6.92 Å². The highest BCUT2D eigenvalue weighted by molar-refractivity contribution is 5.97. The largest absolute Gasteiger partial charge is 0.458 e. The first-order valence-corrected chi connectivity index (χ1v) is 5.49. The minimum Gasteiger partial charge on any atom is -0.458 e. The molecule has 0 aliphatic heterocycles. The predicted octanol–water partition coefficient (Wildman–Crippen LogP) is 1.58. The van der Waals surface area contributed by atoms with Crippen LogP contribution in [0, 0.1) is 0 Å². The van der Waals surface area contributed by atoms with Crippen molar-refractivity contribution in [3.63, 3.8) is 0 Å². The maximum Gasteiger partial charge on any atom is 0.303 e. The topological polar surface area (TPSA) is 60.4 Å². The van der Waals surface area contributed by atoms with Gasteiger partial charge in [-0.1, -0.05) is 6.08 Å². The summed E-state index contributed by atoms with van der Waals surface area (Å²) in [5.41, 5.74) is 0.559. The molecule has 0 saturated carbocycles. The molecule has 1 rings (SSSR count). The fraction of sp³-hybridized carbons (Fsp3) is 0.583. The highest BCUT2D eigenvalue weighted by atomic mass is 16.5. The standard InChI is InChI=1S/C12H16O4/c1-9(14)16-12(7-4-8-13)10-5-2-3-6-11(10)15/h5,8,12H,2-4,6-7H2,1H3. The summed E-state index contributed by atoms with van der Waals surface area (Å²) in [5.74, 6) is -0.390. The number of allylic oxidation sites excluding steroid dienone is 1. The minimum atomic E-state index is -0.546. The molecule has 4 heteroatoms. The second-order valence-corrected chi connectivity index (χ2v) is 3.82. The van der Waals surface area contributed by atoms with E-state index < -0.39 is 12.1 Å². The summed E-state index contributed by atoms with van der Waals surface area (Å²) in [6.07, 6.45) is 4.92. The zero-order chi connectivity index (χ0) is 12.0. The number of hydrogen-bond donors (Lipinski definition) is 0. The Morgan fingerprint density at radius 2 is 2.38 bits per heavy atom. The van der Waals surface area contributed by atoms with Gasteiger partial charge < -0.3 is 9.53 Å². The molecule has 0 amide bonds. The van der Waals surface area contributed by atoms with Crippen LogP contribution in [0.4, 0.5) is 0 Å². The summed E-state index contributed by atoms with van der Waals surface area (Å²) in [6, 6.07) is 0. The second-order valence-electron chi connectivity index (χ2n) is 3.82. The van der Waals surface area contributed by atoms with Crippen molar-refractivity contribution in [1.29, 1.82) is 0 Å². The Kier molecular flexibility index (Phi) is 4.89. The van der Waals surface area contributed by atoms with Gasteiger partial charge in [-0.3, -0.25) is 9.59 Å². The third-order valence-corrected chi connectivity index (χ3v) is 2.50. The van der Waals surface area contributed by atoms with Gasteiger partial charge in [-0.05, 0) is 19.3 Å². The molecule has 0 heterocycles. The first-order valence-electron chi connectivity index (χ1n) is 5.49. The predicted molar refractivity (Wildman–Crippen MR) is 57.8 cm³/mol. The molecule has 0 fully saturated rings. The van der Waals surface area contributed by atoms with Crippen LogP contribution in [0.3, 0.4) is 0 Å². The Hall–Kier alpha value is -1.45. The van der Waals surface area contributed by atoms with Crippen molar-refractivity contribution in [3.05, 3.63) is 11.6 Å². The first kappa shape index (κ1) is 12.6. The first-order chi connectivity index (χ1) is 7.65. The summed E-state index contributed by atoms with van der Waals surface area (Å²) in [6.45, 7) is 1.31. The van der Waals surface area contributed by atoms with Crippen molar-refractivity contribution in [2.24, 2.45) is 0 Å². The number of Topliss-reactive ketones (excluding diaryl/α,β-unsaturated/α-hetero) is 1. The molecule has 16 heavy (non-hydrogen) atoms. The number of ketones is 1. The molecule has 0 bridgehead atoms. The lowest BCUT2D eigenvalue weighted by Gasteiger charge is -2.21. The van der Waals surface area contributed by atoms with Gasteiger partial charge in [0.05, 0.1) is 0 Å². The van der Waals surface area contributed by atoms with E-state index in [1.807, 2.05) is 6.08 Å². The number of hydrogen-bond acceptors (Lipinski definition) is 4. The van der Waals surface area contributed by atoms with Crippen molar-refractivity contribution in [2.75, 3.05) is 0 Å². The number of ether oxygens (including phenoxy) is 1. The zero-order valence-corrected chi connectivity index (χ0v) is 9.40. The van der Waals surface area contributed by atoms with Crippen LogP contribution in [0.2, 0.25) is 0 Å². The molecule has 1 atom stereocenters. The van der Waals surface area contributed by atoms with E-state index in [1.54, 1.807) is 0 Å². The molecule has 1 aliphatic rings. The number of rotatable bonds is 5. The van der Waals surface area contributed by atoms with Gasteiger partial charge in [0.1, 0.15) is 12.4 Å². The lowest BCUT2D eigenvalue weighted by atomic mass is 9.92. The van der Waals surface area contributed by atoms with E-state index in [2.05, 4.69) is 0 Å². The Bertz CT molecular complexity index is 317. The summed E-state index contributed by atoms with van der Waals surface area (Å²) < 4.78 is 5.08. The van der Waals surface area contributed by atoms with Crippen molar-refractivity contribution in [2.45, 2.75) is 45.1 Å². The molecule has 4 nitrogen and oxygen atoms in total. The lowest BCUT2D eigenvalue weighted by Crippen LogP contribution is -2.25. The van der Waals surface area contributed by atoms with E-state index in [0.29, 0.717) is 24.8 Å². The van der Waals surface area contributed by atoms with Gasteiger partial charge in [0, 0.05) is 25.3 Å². The molecular weight excluding hydrogens is 208 g/mol. The number of aldehydes is 1. The number of carbonyl (C=O) groups is 3. The van der Waals surface area contributed by atoms with Gasteiger partial charge in [0.25, 0.3) is 0 Å². The molecule has 0 aromatic heterocycles. The summed E-state index contributed by atoms with van der Waals surface area (Å²) in [4.78, 5) is 32.9. The van der Waals surface area contributed by atoms with Crippen LogP contribution < -0.4 is 0 Å². The van der Waals surface area contributed by atoms with E-state index in [9.17, 15) is 14.4 Å². The quantitative estimate of drug-likeness (QED) is 0.525. The third kappa shape index (κ3) is 3.61. The van der Waals surface area contributed by atoms with Crippen LogP contribution in [0.1, 0.15) is 39.0 Å². The van der Waals surface area contributed by atoms with Crippen LogP contribution in [0.25, 0.3) is 0 Å². The maximum absolute atomic E-state index is 11.6. The van der Waals surface area contributed by atoms with Gasteiger partial charge in [-0.2, -0.15) is 0 Å². The van der Waals surface area contributed by atoms with E-state index in [4.69, 9.17) is 4.74 Å². The van der Waals surface area contributed by atoms with Crippen LogP contribution >= 0.6 is 0 Å². The molecule has 88 valence electrons. The van der Waals surface area contributed by atoms with Crippen molar-refractivity contribution in [3.8, 4) is 0 Å². The molecule has 1 unspecified atom stereocenters. The smallest absolute Gasteiger partial charge is 0.303 e. The zero-order valence-electron chi connectivity index (χ0n) is 9.40. The van der Waals surface area contributed by atoms with Gasteiger partial charge in [-0.15, -0.1) is 0 Å². The fourth-order valence-electron chi connectivity index (χ4n) is 1.79. The fourth-order valence-corrected chi connectivity index (χ4v) is 1.79. The maximum atomic E-state index is 11.6. The normalized spacial score (nSPS) is 17.6. The molecule has 0 aromatic rings. The summed E-state index contributed by atoms with van der Waals surface area (Å²) in [5, 5.41) is 0. The molecule has 0 N–H and O–H groups in total. The highest BCUT2D eigenvalue weighted by Gasteiger charge is 2.24. The van der Waals surface area contributed by atoms with Gasteiger partial charge in [-0.25, -0.2) is 0 Å². The average Bonchev–Trinajstić information content (AvgIpc) is 2.24. The Labute approximate surface area is 94.7 Å². The van der Waals surface area contributed by atoms with Gasteiger partial charge in [0.2, 0.25) is 0 Å². The Morgan fingerprint density at radius 1 is 1.62 bits per heavy atom. The molecular formula is C12H16O4. The highest BCUT2D eigenvalue weighted by Crippen LogP contribution is 2.22. The van der Waals surface area contributed by atoms with Gasteiger partial charge in [0.15, 0.2) is 5.78 Å².